The maximum Gasteiger partial charge on any atom is 0.358 e. The SMILES string of the molecule is CS(=O)(=O)c1cccc(Br)c1-c1cc(C(=O)O)no1. The first kappa shape index (κ1) is 13.8. The number of benzene rings is 1. The summed E-state index contributed by atoms with van der Waals surface area (Å²) >= 11 is 3.22. The van der Waals surface area contributed by atoms with Gasteiger partial charge in [0.2, 0.25) is 0 Å². The lowest BCUT2D eigenvalue weighted by Gasteiger charge is -2.06. The van der Waals surface area contributed by atoms with Gasteiger partial charge in [-0.1, -0.05) is 11.2 Å². The highest BCUT2D eigenvalue weighted by molar-refractivity contribution is 9.10. The van der Waals surface area contributed by atoms with Gasteiger partial charge < -0.3 is 9.63 Å². The second-order valence-corrected chi connectivity index (χ2v) is 6.61. The summed E-state index contributed by atoms with van der Waals surface area (Å²) in [7, 11) is -3.48. The molecule has 0 aliphatic heterocycles. The molecular formula is C11H8BrNO5S. The van der Waals surface area contributed by atoms with Crippen LogP contribution in [0.5, 0.6) is 0 Å². The second kappa shape index (κ2) is 4.78. The number of aromatic nitrogens is 1. The van der Waals surface area contributed by atoms with Crippen molar-refractivity contribution in [3.63, 3.8) is 0 Å². The number of carboxylic acid groups (broad SMARTS) is 1. The number of carbonyl (C=O) groups is 1. The van der Waals surface area contributed by atoms with Crippen molar-refractivity contribution in [2.24, 2.45) is 0 Å². The van der Waals surface area contributed by atoms with E-state index in [4.69, 9.17) is 9.63 Å². The first-order valence-corrected chi connectivity index (χ1v) is 7.68. The Labute approximate surface area is 117 Å². The highest BCUT2D eigenvalue weighted by Crippen LogP contribution is 2.34. The molecule has 0 fully saturated rings. The number of hydrogen-bond donors (Lipinski definition) is 1. The monoisotopic (exact) mass is 345 g/mol. The standard InChI is InChI=1S/C11H8BrNO5S/c1-19(16,17)9-4-2-3-6(12)10(9)8-5-7(11(14)15)13-18-8/h2-5H,1H3,(H,14,15). The van der Waals surface area contributed by atoms with Gasteiger partial charge in [0.1, 0.15) is 0 Å². The van der Waals surface area contributed by atoms with Crippen molar-refractivity contribution in [1.82, 2.24) is 5.16 Å². The number of sulfone groups is 1. The van der Waals surface area contributed by atoms with E-state index in [-0.39, 0.29) is 21.9 Å². The van der Waals surface area contributed by atoms with Crippen molar-refractivity contribution in [2.45, 2.75) is 4.90 Å². The van der Waals surface area contributed by atoms with Crippen LogP contribution in [0, 0.1) is 0 Å². The topological polar surface area (TPSA) is 97.5 Å². The molecule has 0 aliphatic carbocycles. The van der Waals surface area contributed by atoms with Crippen LogP contribution in [0.2, 0.25) is 0 Å². The Morgan fingerprint density at radius 3 is 2.63 bits per heavy atom. The van der Waals surface area contributed by atoms with Gasteiger partial charge in [-0.3, -0.25) is 0 Å². The molecule has 1 N–H and O–H groups in total. The van der Waals surface area contributed by atoms with Gasteiger partial charge in [0.15, 0.2) is 21.3 Å². The lowest BCUT2D eigenvalue weighted by atomic mass is 10.1. The van der Waals surface area contributed by atoms with Crippen LogP contribution in [0.4, 0.5) is 0 Å². The van der Waals surface area contributed by atoms with Gasteiger partial charge in [-0.05, 0) is 28.1 Å². The van der Waals surface area contributed by atoms with Crippen LogP contribution >= 0.6 is 15.9 Å². The van der Waals surface area contributed by atoms with Crippen molar-refractivity contribution in [2.75, 3.05) is 6.26 Å². The van der Waals surface area contributed by atoms with E-state index in [1.807, 2.05) is 0 Å². The number of aromatic carboxylic acids is 1. The Kier molecular flexibility index (Phi) is 3.46. The molecule has 0 aliphatic rings. The van der Waals surface area contributed by atoms with Gasteiger partial charge >= 0.3 is 5.97 Å². The molecule has 2 aromatic rings. The summed E-state index contributed by atoms with van der Waals surface area (Å²) in [5, 5.41) is 12.2. The van der Waals surface area contributed by atoms with Crippen LogP contribution in [-0.4, -0.2) is 30.9 Å². The Bertz CT molecular complexity index is 750. The molecule has 100 valence electrons. The largest absolute Gasteiger partial charge is 0.476 e. The fourth-order valence-corrected chi connectivity index (χ4v) is 3.15. The number of hydrogen-bond acceptors (Lipinski definition) is 5. The fourth-order valence-electron chi connectivity index (χ4n) is 1.55. The Balaban J connectivity index is 2.70. The first-order valence-electron chi connectivity index (χ1n) is 4.99. The van der Waals surface area contributed by atoms with Crippen LogP contribution in [-0.2, 0) is 9.84 Å². The van der Waals surface area contributed by atoms with Gasteiger partial charge in [-0.25, -0.2) is 13.2 Å². The minimum absolute atomic E-state index is 0.0370. The average Bonchev–Trinajstić information content (AvgIpc) is 2.76. The zero-order chi connectivity index (χ0) is 14.2. The summed E-state index contributed by atoms with van der Waals surface area (Å²) < 4.78 is 28.8. The molecule has 1 aromatic carbocycles. The van der Waals surface area contributed by atoms with Gasteiger partial charge in [0, 0.05) is 16.8 Å². The van der Waals surface area contributed by atoms with Crippen LogP contribution in [0.15, 0.2) is 38.2 Å². The molecule has 0 saturated heterocycles. The maximum atomic E-state index is 11.7. The third-order valence-corrected chi connectivity index (χ3v) is 4.15. The molecule has 8 heteroatoms. The summed E-state index contributed by atoms with van der Waals surface area (Å²) in [6, 6.07) is 5.79. The molecule has 0 radical (unpaired) electrons. The lowest BCUT2D eigenvalue weighted by molar-refractivity contribution is 0.0686. The zero-order valence-corrected chi connectivity index (χ0v) is 12.0. The smallest absolute Gasteiger partial charge is 0.358 e. The lowest BCUT2D eigenvalue weighted by Crippen LogP contribution is -2.00. The van der Waals surface area contributed by atoms with Crippen LogP contribution < -0.4 is 0 Å². The third kappa shape index (κ3) is 2.69. The number of halogens is 1. The Hall–Kier alpha value is -1.67. The minimum Gasteiger partial charge on any atom is -0.476 e. The van der Waals surface area contributed by atoms with Gasteiger partial charge in [0.25, 0.3) is 0 Å². The van der Waals surface area contributed by atoms with E-state index >= 15 is 0 Å². The summed E-state index contributed by atoms with van der Waals surface area (Å²) in [6.07, 6.45) is 1.06. The third-order valence-electron chi connectivity index (χ3n) is 2.35. The summed E-state index contributed by atoms with van der Waals surface area (Å²) in [6.45, 7) is 0. The number of rotatable bonds is 3. The highest BCUT2D eigenvalue weighted by atomic mass is 79.9. The van der Waals surface area contributed by atoms with Crippen molar-refractivity contribution >= 4 is 31.7 Å². The van der Waals surface area contributed by atoms with Gasteiger partial charge in [-0.15, -0.1) is 0 Å². The second-order valence-electron chi connectivity index (χ2n) is 3.77. The molecule has 0 spiro atoms. The van der Waals surface area contributed by atoms with Crippen molar-refractivity contribution in [3.8, 4) is 11.3 Å². The summed E-state index contributed by atoms with van der Waals surface area (Å²) in [5.41, 5.74) is -0.0322. The van der Waals surface area contributed by atoms with Crippen LogP contribution in [0.1, 0.15) is 10.5 Å². The Morgan fingerprint density at radius 1 is 1.42 bits per heavy atom. The molecule has 1 aromatic heterocycles. The normalized spacial score (nSPS) is 11.5. The predicted molar refractivity (Wildman–Crippen MR) is 69.7 cm³/mol. The van der Waals surface area contributed by atoms with E-state index in [0.29, 0.717) is 4.47 Å². The van der Waals surface area contributed by atoms with Gasteiger partial charge in [0.05, 0.1) is 10.5 Å². The molecule has 1 heterocycles. The van der Waals surface area contributed by atoms with Crippen molar-refractivity contribution in [3.05, 3.63) is 34.4 Å². The van der Waals surface area contributed by atoms with Crippen molar-refractivity contribution < 1.29 is 22.8 Å². The van der Waals surface area contributed by atoms with Crippen molar-refractivity contribution in [1.29, 1.82) is 0 Å². The average molecular weight is 346 g/mol. The minimum atomic E-state index is -3.48. The van der Waals surface area contributed by atoms with E-state index in [1.165, 1.54) is 12.1 Å². The van der Waals surface area contributed by atoms with Crippen LogP contribution in [0.3, 0.4) is 0 Å². The molecule has 6 nitrogen and oxygen atoms in total. The predicted octanol–water partition coefficient (Wildman–Crippen LogP) is 2.21. The number of carboxylic acids is 1. The van der Waals surface area contributed by atoms with E-state index in [2.05, 4.69) is 21.1 Å². The van der Waals surface area contributed by atoms with Gasteiger partial charge in [-0.2, -0.15) is 0 Å². The molecule has 0 saturated carbocycles. The molecule has 2 rings (SSSR count). The molecule has 0 atom stereocenters. The molecular weight excluding hydrogens is 338 g/mol. The fraction of sp³-hybridized carbons (Fsp3) is 0.0909. The van der Waals surface area contributed by atoms with E-state index in [1.54, 1.807) is 12.1 Å². The quantitative estimate of drug-likeness (QED) is 0.915. The number of nitrogens with zero attached hydrogens (tertiary/aromatic N) is 1. The molecule has 0 unspecified atom stereocenters. The molecule has 0 amide bonds. The Morgan fingerprint density at radius 2 is 2.11 bits per heavy atom. The van der Waals surface area contributed by atoms with E-state index < -0.39 is 15.8 Å². The molecule has 19 heavy (non-hydrogen) atoms. The van der Waals surface area contributed by atoms with E-state index in [0.717, 1.165) is 6.26 Å². The summed E-state index contributed by atoms with van der Waals surface area (Å²) in [4.78, 5) is 10.8. The van der Waals surface area contributed by atoms with E-state index in [9.17, 15) is 13.2 Å². The molecule has 0 bridgehead atoms. The summed E-state index contributed by atoms with van der Waals surface area (Å²) in [5.74, 6) is -1.17. The highest BCUT2D eigenvalue weighted by Gasteiger charge is 2.21. The zero-order valence-electron chi connectivity index (χ0n) is 9.62. The van der Waals surface area contributed by atoms with Crippen LogP contribution in [0.25, 0.3) is 11.3 Å². The first-order chi connectivity index (χ1) is 8.80. The maximum absolute atomic E-state index is 11.7.